The van der Waals surface area contributed by atoms with E-state index in [1.54, 1.807) is 30.9 Å². The molecule has 1 saturated heterocycles. The summed E-state index contributed by atoms with van der Waals surface area (Å²) in [5.74, 6) is -6.18. The number of ether oxygens (including phenoxy) is 2. The van der Waals surface area contributed by atoms with Gasteiger partial charge in [0.15, 0.2) is 17.7 Å². The van der Waals surface area contributed by atoms with Crippen molar-refractivity contribution in [3.8, 4) is 28.6 Å². The van der Waals surface area contributed by atoms with Crippen LogP contribution in [0.1, 0.15) is 49.0 Å². The quantitative estimate of drug-likeness (QED) is 0.292. The van der Waals surface area contributed by atoms with Crippen LogP contribution in [0.25, 0.3) is 11.1 Å². The third-order valence-corrected chi connectivity index (χ3v) is 7.13. The Morgan fingerprint density at radius 2 is 1.72 bits per heavy atom. The lowest BCUT2D eigenvalue weighted by molar-refractivity contribution is -0.146. The minimum Gasteiger partial charge on any atom is -0.479 e. The number of piperidine rings is 1. The van der Waals surface area contributed by atoms with E-state index >= 15 is 0 Å². The number of likely N-dealkylation sites (tertiary alicyclic amines) is 1. The lowest BCUT2D eigenvalue weighted by Gasteiger charge is -2.30. The molecular formula is C31H34F2N4O6. The zero-order chi connectivity index (χ0) is 31.3. The van der Waals surface area contributed by atoms with Gasteiger partial charge in [-0.05, 0) is 66.1 Å². The van der Waals surface area contributed by atoms with Gasteiger partial charge in [0.2, 0.25) is 5.91 Å². The number of pyridine rings is 1. The number of aromatic nitrogens is 1. The van der Waals surface area contributed by atoms with Gasteiger partial charge < -0.3 is 30.9 Å². The van der Waals surface area contributed by atoms with Gasteiger partial charge in [-0.2, -0.15) is 4.98 Å². The zero-order valence-corrected chi connectivity index (χ0v) is 23.9. The fourth-order valence-corrected chi connectivity index (χ4v) is 4.84. The van der Waals surface area contributed by atoms with E-state index in [9.17, 15) is 28.3 Å². The average Bonchev–Trinajstić information content (AvgIpc) is 2.98. The number of hydrogen-bond donors (Lipinski definition) is 3. The van der Waals surface area contributed by atoms with Gasteiger partial charge in [0.25, 0.3) is 17.7 Å². The Kier molecular flexibility index (Phi) is 9.92. The van der Waals surface area contributed by atoms with Crippen LogP contribution in [0.2, 0.25) is 0 Å². The van der Waals surface area contributed by atoms with Crippen molar-refractivity contribution in [2.75, 3.05) is 13.1 Å². The molecule has 0 spiro atoms. The van der Waals surface area contributed by atoms with Crippen LogP contribution in [0, 0.1) is 23.5 Å². The molecule has 2 heterocycles. The van der Waals surface area contributed by atoms with E-state index in [4.69, 9.17) is 20.9 Å². The average molecular weight is 597 g/mol. The number of nitrogens with zero attached hydrogens (tertiary/aromatic N) is 2. The second-order valence-electron chi connectivity index (χ2n) is 10.9. The summed E-state index contributed by atoms with van der Waals surface area (Å²) in [6.07, 6.45) is -0.480. The van der Waals surface area contributed by atoms with Crippen LogP contribution < -0.4 is 20.9 Å². The number of carbonyl (C=O) groups excluding carboxylic acids is 2. The first-order chi connectivity index (χ1) is 20.4. The number of carboxylic acids is 1. The molecule has 12 heteroatoms. The molecule has 0 aliphatic carbocycles. The summed E-state index contributed by atoms with van der Waals surface area (Å²) >= 11 is 0. The zero-order valence-electron chi connectivity index (χ0n) is 23.9. The minimum atomic E-state index is -1.42. The second-order valence-corrected chi connectivity index (χ2v) is 10.9. The molecule has 0 unspecified atom stereocenters. The van der Waals surface area contributed by atoms with Crippen molar-refractivity contribution in [1.82, 2.24) is 9.88 Å². The molecule has 1 fully saturated rings. The molecule has 1 aliphatic heterocycles. The first kappa shape index (κ1) is 31.4. The lowest BCUT2D eigenvalue weighted by atomic mass is 9.95. The number of primary amides is 1. The summed E-state index contributed by atoms with van der Waals surface area (Å²) in [7, 11) is 0. The number of amides is 2. The van der Waals surface area contributed by atoms with E-state index in [1.807, 2.05) is 24.3 Å². The molecule has 4 rings (SSSR count). The van der Waals surface area contributed by atoms with E-state index in [2.05, 4.69) is 4.98 Å². The van der Waals surface area contributed by atoms with Crippen molar-refractivity contribution < 1.29 is 37.7 Å². The van der Waals surface area contributed by atoms with Crippen LogP contribution in [0.15, 0.2) is 48.5 Å². The van der Waals surface area contributed by atoms with Crippen LogP contribution >= 0.6 is 0 Å². The summed E-state index contributed by atoms with van der Waals surface area (Å²) in [4.78, 5) is 42.2. The number of carboxylic acid groups (broad SMARTS) is 1. The molecule has 0 saturated carbocycles. The van der Waals surface area contributed by atoms with Gasteiger partial charge in [-0.15, -0.1) is 0 Å². The van der Waals surface area contributed by atoms with Crippen molar-refractivity contribution in [2.24, 2.45) is 23.3 Å². The van der Waals surface area contributed by atoms with Crippen molar-refractivity contribution in [1.29, 1.82) is 0 Å². The van der Waals surface area contributed by atoms with Gasteiger partial charge in [-0.3, -0.25) is 9.59 Å². The fourth-order valence-electron chi connectivity index (χ4n) is 4.84. The lowest BCUT2D eigenvalue weighted by Crippen LogP contribution is -2.41. The molecule has 1 atom stereocenters. The van der Waals surface area contributed by atoms with Crippen molar-refractivity contribution in [3.05, 3.63) is 71.3 Å². The maximum atomic E-state index is 14.9. The van der Waals surface area contributed by atoms with E-state index in [0.29, 0.717) is 43.1 Å². The minimum absolute atomic E-state index is 0.0203. The van der Waals surface area contributed by atoms with E-state index in [-0.39, 0.29) is 42.0 Å². The number of carbonyl (C=O) groups is 3. The monoisotopic (exact) mass is 596 g/mol. The number of hydrogen-bond acceptors (Lipinski definition) is 7. The third-order valence-electron chi connectivity index (χ3n) is 7.13. The Labute approximate surface area is 247 Å². The van der Waals surface area contributed by atoms with Crippen molar-refractivity contribution >= 4 is 17.8 Å². The number of rotatable bonds is 11. The molecule has 2 aromatic carbocycles. The molecule has 1 aliphatic rings. The predicted molar refractivity (Wildman–Crippen MR) is 153 cm³/mol. The highest BCUT2D eigenvalue weighted by atomic mass is 19.1. The van der Waals surface area contributed by atoms with Crippen molar-refractivity contribution in [2.45, 2.75) is 45.8 Å². The summed E-state index contributed by atoms with van der Waals surface area (Å²) < 4.78 is 40.5. The largest absolute Gasteiger partial charge is 0.479 e. The predicted octanol–water partition coefficient (Wildman–Crippen LogP) is 4.49. The highest BCUT2D eigenvalue weighted by molar-refractivity contribution is 5.96. The molecule has 10 nitrogen and oxygen atoms in total. The number of aliphatic carboxylic acids is 1. The topological polar surface area (TPSA) is 158 Å². The Morgan fingerprint density at radius 1 is 1.02 bits per heavy atom. The van der Waals surface area contributed by atoms with Gasteiger partial charge in [0.1, 0.15) is 5.75 Å². The fraction of sp³-hybridized carbons (Fsp3) is 0.355. The molecule has 228 valence electrons. The Hall–Kier alpha value is -4.58. The van der Waals surface area contributed by atoms with Gasteiger partial charge in [-0.25, -0.2) is 13.6 Å². The Morgan fingerprint density at radius 3 is 2.35 bits per heavy atom. The van der Waals surface area contributed by atoms with Crippen LogP contribution in [-0.2, 0) is 16.1 Å². The second kappa shape index (κ2) is 13.6. The SMILES string of the molecule is CC(C)C[C@@H](Oc1nc(Oc2cc(C(=O)N3CCC(C(N)=O)CC3)cc(-c3cccc(CN)c3)c2)c(F)cc1F)C(=O)O. The van der Waals surface area contributed by atoms with E-state index < -0.39 is 41.4 Å². The summed E-state index contributed by atoms with van der Waals surface area (Å²) in [6.45, 7) is 4.48. The van der Waals surface area contributed by atoms with Crippen LogP contribution in [0.5, 0.6) is 17.5 Å². The van der Waals surface area contributed by atoms with E-state index in [1.165, 1.54) is 6.07 Å². The van der Waals surface area contributed by atoms with Gasteiger partial charge >= 0.3 is 5.97 Å². The summed E-state index contributed by atoms with van der Waals surface area (Å²) in [6, 6.07) is 12.4. The molecule has 0 bridgehead atoms. The first-order valence-corrected chi connectivity index (χ1v) is 13.9. The van der Waals surface area contributed by atoms with Crippen LogP contribution in [-0.4, -0.2) is 52.0 Å². The maximum Gasteiger partial charge on any atom is 0.344 e. The smallest absolute Gasteiger partial charge is 0.344 e. The molecule has 2 amide bonds. The van der Waals surface area contributed by atoms with Gasteiger partial charge in [0.05, 0.1) is 0 Å². The van der Waals surface area contributed by atoms with Crippen molar-refractivity contribution in [3.63, 3.8) is 0 Å². The first-order valence-electron chi connectivity index (χ1n) is 13.9. The Balaban J connectivity index is 1.70. The molecule has 0 radical (unpaired) electrons. The normalized spacial score (nSPS) is 14.4. The van der Waals surface area contributed by atoms with Crippen LogP contribution in [0.3, 0.4) is 0 Å². The molecular weight excluding hydrogens is 562 g/mol. The molecule has 3 aromatic rings. The maximum absolute atomic E-state index is 14.9. The Bertz CT molecular complexity index is 1510. The van der Waals surface area contributed by atoms with Gasteiger partial charge in [0, 0.05) is 37.2 Å². The standard InChI is InChI=1S/C31H34F2N4O6/c1-17(2)10-26(31(40)41)43-29-25(33)15-24(32)28(36-29)42-23-13-21(20-5-3-4-18(11-20)16-34)12-22(14-23)30(39)37-8-6-19(7-9-37)27(35)38/h3-5,11-15,17,19,26H,6-10,16,34H2,1-2H3,(H2,35,38)(H,40,41)/t26-/m1/s1. The molecule has 1 aromatic heterocycles. The highest BCUT2D eigenvalue weighted by Crippen LogP contribution is 2.33. The summed E-state index contributed by atoms with van der Waals surface area (Å²) in [5, 5.41) is 9.49. The molecule has 5 N–H and O–H groups in total. The van der Waals surface area contributed by atoms with Gasteiger partial charge in [-0.1, -0.05) is 32.0 Å². The van der Waals surface area contributed by atoms with E-state index in [0.717, 1.165) is 5.56 Å². The molecule has 43 heavy (non-hydrogen) atoms. The highest BCUT2D eigenvalue weighted by Gasteiger charge is 2.28. The number of halogens is 2. The number of benzene rings is 2. The third kappa shape index (κ3) is 7.83. The summed E-state index contributed by atoms with van der Waals surface area (Å²) in [5.41, 5.74) is 13.6. The van der Waals surface area contributed by atoms with Crippen LogP contribution in [0.4, 0.5) is 8.78 Å². The number of nitrogens with two attached hydrogens (primary N) is 2.